The van der Waals surface area contributed by atoms with Crippen LogP contribution in [0.4, 0.5) is 8.78 Å². The van der Waals surface area contributed by atoms with E-state index in [9.17, 15) is 13.6 Å². The van der Waals surface area contributed by atoms with Gasteiger partial charge in [-0.1, -0.05) is 12.1 Å². The van der Waals surface area contributed by atoms with Crippen LogP contribution < -0.4 is 0 Å². The summed E-state index contributed by atoms with van der Waals surface area (Å²) < 4.78 is 26.6. The molecule has 0 aliphatic carbocycles. The molecule has 1 aromatic carbocycles. The third-order valence-electron chi connectivity index (χ3n) is 2.67. The molecule has 0 atom stereocenters. The quantitative estimate of drug-likeness (QED) is 0.852. The number of aromatic nitrogens is 1. The van der Waals surface area contributed by atoms with Gasteiger partial charge in [-0.15, -0.1) is 0 Å². The summed E-state index contributed by atoms with van der Waals surface area (Å²) >= 11 is 0. The minimum Gasteiger partial charge on any atom is -0.337 e. The zero-order chi connectivity index (χ0) is 13.8. The van der Waals surface area contributed by atoms with Crippen molar-refractivity contribution in [1.29, 1.82) is 0 Å². The molecular weight excluding hydrogens is 250 g/mol. The largest absolute Gasteiger partial charge is 0.337 e. The number of hydrogen-bond acceptors (Lipinski definition) is 2. The summed E-state index contributed by atoms with van der Waals surface area (Å²) in [5.41, 5.74) is 0.543. The van der Waals surface area contributed by atoms with E-state index in [-0.39, 0.29) is 12.1 Å². The van der Waals surface area contributed by atoms with Crippen LogP contribution in [0.25, 0.3) is 0 Å². The van der Waals surface area contributed by atoms with Gasteiger partial charge in [0, 0.05) is 26.0 Å². The summed E-state index contributed by atoms with van der Waals surface area (Å²) in [4.78, 5) is 17.3. The number of carbonyl (C=O) groups is 1. The lowest BCUT2D eigenvalue weighted by Gasteiger charge is -2.17. The molecule has 0 unspecified atom stereocenters. The van der Waals surface area contributed by atoms with E-state index in [0.717, 1.165) is 11.6 Å². The maximum atomic E-state index is 13.5. The standard InChI is InChI=1S/C14H12F2N2O/c1-18(9-10-4-3-7-17-8-10)14(19)11-5-2-6-12(15)13(11)16/h2-8H,9H2,1H3. The van der Waals surface area contributed by atoms with Gasteiger partial charge in [0.15, 0.2) is 11.6 Å². The maximum absolute atomic E-state index is 13.5. The highest BCUT2D eigenvalue weighted by Crippen LogP contribution is 2.14. The van der Waals surface area contributed by atoms with Crippen LogP contribution in [0.15, 0.2) is 42.7 Å². The molecule has 98 valence electrons. The summed E-state index contributed by atoms with van der Waals surface area (Å²) in [6.45, 7) is 0.280. The second kappa shape index (κ2) is 5.56. The maximum Gasteiger partial charge on any atom is 0.256 e. The van der Waals surface area contributed by atoms with Gasteiger partial charge in [0.2, 0.25) is 0 Å². The fourth-order valence-corrected chi connectivity index (χ4v) is 1.71. The summed E-state index contributed by atoms with van der Waals surface area (Å²) in [5, 5.41) is 0. The van der Waals surface area contributed by atoms with E-state index >= 15 is 0 Å². The Hall–Kier alpha value is -2.30. The molecule has 0 fully saturated rings. The number of pyridine rings is 1. The van der Waals surface area contributed by atoms with Crippen LogP contribution in [0.1, 0.15) is 15.9 Å². The molecule has 3 nitrogen and oxygen atoms in total. The predicted octanol–water partition coefficient (Wildman–Crippen LogP) is 2.63. The minimum absolute atomic E-state index is 0.272. The van der Waals surface area contributed by atoms with E-state index in [1.807, 2.05) is 0 Å². The zero-order valence-electron chi connectivity index (χ0n) is 10.3. The topological polar surface area (TPSA) is 33.2 Å². The van der Waals surface area contributed by atoms with E-state index in [0.29, 0.717) is 0 Å². The molecule has 0 saturated heterocycles. The van der Waals surface area contributed by atoms with Crippen LogP contribution in [0.2, 0.25) is 0 Å². The average molecular weight is 262 g/mol. The second-order valence-corrected chi connectivity index (χ2v) is 4.12. The Morgan fingerprint density at radius 2 is 2.05 bits per heavy atom. The Bertz CT molecular complexity index is 587. The van der Waals surface area contributed by atoms with Crippen molar-refractivity contribution in [3.8, 4) is 0 Å². The monoisotopic (exact) mass is 262 g/mol. The number of benzene rings is 1. The van der Waals surface area contributed by atoms with Crippen LogP contribution in [0.3, 0.4) is 0 Å². The molecule has 2 aromatic rings. The van der Waals surface area contributed by atoms with Gasteiger partial charge in [0.25, 0.3) is 5.91 Å². The average Bonchev–Trinajstić information content (AvgIpc) is 2.42. The first-order valence-electron chi connectivity index (χ1n) is 5.68. The lowest BCUT2D eigenvalue weighted by molar-refractivity contribution is 0.0779. The number of rotatable bonds is 3. The fourth-order valence-electron chi connectivity index (χ4n) is 1.71. The van der Waals surface area contributed by atoms with Gasteiger partial charge in [-0.3, -0.25) is 9.78 Å². The zero-order valence-corrected chi connectivity index (χ0v) is 10.3. The molecule has 0 radical (unpaired) electrons. The van der Waals surface area contributed by atoms with E-state index in [4.69, 9.17) is 0 Å². The Balaban J connectivity index is 2.18. The highest BCUT2D eigenvalue weighted by atomic mass is 19.2. The van der Waals surface area contributed by atoms with E-state index in [1.54, 1.807) is 24.5 Å². The van der Waals surface area contributed by atoms with Crippen molar-refractivity contribution in [1.82, 2.24) is 9.88 Å². The first kappa shape index (κ1) is 13.1. The molecule has 0 aliphatic rings. The molecule has 0 bridgehead atoms. The second-order valence-electron chi connectivity index (χ2n) is 4.12. The van der Waals surface area contributed by atoms with Crippen molar-refractivity contribution in [3.63, 3.8) is 0 Å². The van der Waals surface area contributed by atoms with Gasteiger partial charge < -0.3 is 4.90 Å². The van der Waals surface area contributed by atoms with Crippen molar-refractivity contribution in [2.24, 2.45) is 0 Å². The van der Waals surface area contributed by atoms with Crippen molar-refractivity contribution < 1.29 is 13.6 Å². The lowest BCUT2D eigenvalue weighted by Crippen LogP contribution is -2.27. The summed E-state index contributed by atoms with van der Waals surface area (Å²) in [6, 6.07) is 7.10. The molecule has 0 saturated carbocycles. The Morgan fingerprint density at radius 3 is 2.74 bits per heavy atom. The van der Waals surface area contributed by atoms with Gasteiger partial charge in [-0.25, -0.2) is 8.78 Å². The van der Waals surface area contributed by atoms with Gasteiger partial charge >= 0.3 is 0 Å². The van der Waals surface area contributed by atoms with Gasteiger partial charge in [0.05, 0.1) is 5.56 Å². The molecule has 0 N–H and O–H groups in total. The number of amides is 1. The highest BCUT2D eigenvalue weighted by Gasteiger charge is 2.18. The molecule has 0 aliphatic heterocycles. The van der Waals surface area contributed by atoms with Crippen LogP contribution in [-0.4, -0.2) is 22.8 Å². The smallest absolute Gasteiger partial charge is 0.256 e. The summed E-state index contributed by atoms with van der Waals surface area (Å²) in [7, 11) is 1.53. The first-order valence-corrected chi connectivity index (χ1v) is 5.68. The third kappa shape index (κ3) is 2.93. The molecule has 1 amide bonds. The number of hydrogen-bond donors (Lipinski definition) is 0. The minimum atomic E-state index is -1.12. The van der Waals surface area contributed by atoms with Crippen molar-refractivity contribution in [3.05, 3.63) is 65.5 Å². The predicted molar refractivity (Wildman–Crippen MR) is 66.4 cm³/mol. The SMILES string of the molecule is CN(Cc1cccnc1)C(=O)c1cccc(F)c1F. The van der Waals surface area contributed by atoms with Gasteiger partial charge in [0.1, 0.15) is 0 Å². The molecule has 2 rings (SSSR count). The van der Waals surface area contributed by atoms with Crippen LogP contribution in [0.5, 0.6) is 0 Å². The van der Waals surface area contributed by atoms with Crippen LogP contribution in [0, 0.1) is 11.6 Å². The van der Waals surface area contributed by atoms with Gasteiger partial charge in [-0.05, 0) is 23.8 Å². The fraction of sp³-hybridized carbons (Fsp3) is 0.143. The number of carbonyl (C=O) groups excluding carboxylic acids is 1. The normalized spacial score (nSPS) is 10.3. The molecular formula is C14H12F2N2O. The van der Waals surface area contributed by atoms with E-state index in [1.165, 1.54) is 24.1 Å². The molecule has 0 spiro atoms. The number of nitrogens with zero attached hydrogens (tertiary/aromatic N) is 2. The number of halogens is 2. The molecule has 1 heterocycles. The summed E-state index contributed by atoms with van der Waals surface area (Å²) in [6.07, 6.45) is 3.24. The van der Waals surface area contributed by atoms with E-state index < -0.39 is 17.5 Å². The van der Waals surface area contributed by atoms with Gasteiger partial charge in [-0.2, -0.15) is 0 Å². The molecule has 19 heavy (non-hydrogen) atoms. The molecule has 1 aromatic heterocycles. The Labute approximate surface area is 109 Å². The van der Waals surface area contributed by atoms with Crippen LogP contribution >= 0.6 is 0 Å². The van der Waals surface area contributed by atoms with Crippen LogP contribution in [-0.2, 0) is 6.54 Å². The highest BCUT2D eigenvalue weighted by molar-refractivity contribution is 5.94. The lowest BCUT2D eigenvalue weighted by atomic mass is 10.1. The van der Waals surface area contributed by atoms with Crippen molar-refractivity contribution in [2.75, 3.05) is 7.05 Å². The van der Waals surface area contributed by atoms with Crippen molar-refractivity contribution in [2.45, 2.75) is 6.54 Å². The van der Waals surface area contributed by atoms with E-state index in [2.05, 4.69) is 4.98 Å². The molecule has 5 heteroatoms. The Kier molecular flexibility index (Phi) is 3.85. The van der Waals surface area contributed by atoms with Crippen molar-refractivity contribution >= 4 is 5.91 Å². The summed E-state index contributed by atoms with van der Waals surface area (Å²) in [5.74, 6) is -2.72. The first-order chi connectivity index (χ1) is 9.09. The Morgan fingerprint density at radius 1 is 1.26 bits per heavy atom. The third-order valence-corrected chi connectivity index (χ3v) is 2.67.